The molecule has 1 aromatic heterocycles. The highest BCUT2D eigenvalue weighted by Gasteiger charge is 2.11. The van der Waals surface area contributed by atoms with Crippen LogP contribution in [0.3, 0.4) is 0 Å². The molecule has 0 saturated carbocycles. The quantitative estimate of drug-likeness (QED) is 0.281. The molecule has 0 radical (unpaired) electrons. The van der Waals surface area contributed by atoms with Gasteiger partial charge in [0.15, 0.2) is 0 Å². The predicted octanol–water partition coefficient (Wildman–Crippen LogP) is 7.09. The van der Waals surface area contributed by atoms with Gasteiger partial charge in [-0.3, -0.25) is 0 Å². The Bertz CT molecular complexity index is 1420. The number of fused-ring (bicyclic) bond motifs is 6. The van der Waals surface area contributed by atoms with Crippen molar-refractivity contribution in [2.75, 3.05) is 0 Å². The van der Waals surface area contributed by atoms with Crippen molar-refractivity contribution >= 4 is 43.4 Å². The summed E-state index contributed by atoms with van der Waals surface area (Å²) in [5.74, 6) is 0. The number of benzene rings is 5. The minimum atomic E-state index is 1.20. The summed E-state index contributed by atoms with van der Waals surface area (Å²) in [5.41, 5.74) is 3.70. The van der Waals surface area contributed by atoms with Gasteiger partial charge in [0, 0.05) is 16.5 Å². The summed E-state index contributed by atoms with van der Waals surface area (Å²) in [6.07, 6.45) is 0. The third-order valence-corrected chi connectivity index (χ3v) is 5.57. The maximum atomic E-state index is 2.37. The van der Waals surface area contributed by atoms with E-state index in [-0.39, 0.29) is 0 Å². The molecule has 1 nitrogen and oxygen atoms in total. The fraction of sp³-hybridized carbons (Fsp3) is 0. The van der Waals surface area contributed by atoms with Gasteiger partial charge >= 0.3 is 0 Å². The first-order valence-electron chi connectivity index (χ1n) is 9.30. The molecule has 0 aliphatic heterocycles. The van der Waals surface area contributed by atoms with Gasteiger partial charge in [0.1, 0.15) is 0 Å². The van der Waals surface area contributed by atoms with E-state index in [1.807, 2.05) is 0 Å². The van der Waals surface area contributed by atoms with Gasteiger partial charge in [-0.15, -0.1) is 0 Å². The Hall–Kier alpha value is -3.58. The molecule has 5 aromatic carbocycles. The van der Waals surface area contributed by atoms with E-state index < -0.39 is 0 Å². The van der Waals surface area contributed by atoms with E-state index in [2.05, 4.69) is 108 Å². The average molecular weight is 343 g/mol. The van der Waals surface area contributed by atoms with Gasteiger partial charge in [0.25, 0.3) is 0 Å². The van der Waals surface area contributed by atoms with E-state index in [4.69, 9.17) is 0 Å². The molecule has 0 unspecified atom stereocenters. The maximum absolute atomic E-state index is 2.37. The molecule has 0 saturated heterocycles. The highest BCUT2D eigenvalue weighted by Crippen LogP contribution is 2.33. The lowest BCUT2D eigenvalue weighted by atomic mass is 10.0. The SMILES string of the molecule is c1ccc2c(c1)ccc1cc(-n3c4ccccc4c4ccccc43)ccc12. The normalized spacial score (nSPS) is 11.7. The second kappa shape index (κ2) is 5.46. The van der Waals surface area contributed by atoms with Crippen LogP contribution in [0.25, 0.3) is 49.0 Å². The van der Waals surface area contributed by atoms with Crippen LogP contribution in [0.1, 0.15) is 0 Å². The summed E-state index contributed by atoms with van der Waals surface area (Å²) in [7, 11) is 0. The summed E-state index contributed by atoms with van der Waals surface area (Å²) < 4.78 is 2.37. The first kappa shape index (κ1) is 14.6. The monoisotopic (exact) mass is 343 g/mol. The second-order valence-electron chi connectivity index (χ2n) is 7.06. The van der Waals surface area contributed by atoms with Crippen molar-refractivity contribution in [3.05, 3.63) is 103 Å². The van der Waals surface area contributed by atoms with Gasteiger partial charge in [-0.05, 0) is 45.8 Å². The molecule has 0 amide bonds. The van der Waals surface area contributed by atoms with E-state index >= 15 is 0 Å². The van der Waals surface area contributed by atoms with E-state index in [1.54, 1.807) is 0 Å². The fourth-order valence-electron chi connectivity index (χ4n) is 4.34. The van der Waals surface area contributed by atoms with Gasteiger partial charge in [0.05, 0.1) is 11.0 Å². The molecule has 0 bridgehead atoms. The average Bonchev–Trinajstić information content (AvgIpc) is 3.08. The van der Waals surface area contributed by atoms with Crippen LogP contribution in [0.2, 0.25) is 0 Å². The lowest BCUT2D eigenvalue weighted by molar-refractivity contribution is 1.19. The molecule has 0 fully saturated rings. The van der Waals surface area contributed by atoms with Crippen molar-refractivity contribution in [3.63, 3.8) is 0 Å². The molecular weight excluding hydrogens is 326 g/mol. The van der Waals surface area contributed by atoms with Crippen LogP contribution < -0.4 is 0 Å². The Labute approximate surface area is 157 Å². The Morgan fingerprint density at radius 1 is 0.407 bits per heavy atom. The standard InChI is InChI=1S/C26H17N/c1-2-8-21-18(7-1)13-14-19-17-20(15-16-22(19)21)27-25-11-5-3-9-23(25)24-10-4-6-12-26(24)27/h1-17H. The minimum absolute atomic E-state index is 1.20. The van der Waals surface area contributed by atoms with Gasteiger partial charge in [0.2, 0.25) is 0 Å². The number of aromatic nitrogens is 1. The Balaban J connectivity index is 1.71. The van der Waals surface area contributed by atoms with Crippen LogP contribution in [-0.2, 0) is 0 Å². The molecule has 0 N–H and O–H groups in total. The van der Waals surface area contributed by atoms with E-state index in [0.29, 0.717) is 0 Å². The number of hydrogen-bond acceptors (Lipinski definition) is 0. The zero-order valence-corrected chi connectivity index (χ0v) is 14.8. The molecule has 1 heterocycles. The van der Waals surface area contributed by atoms with Crippen molar-refractivity contribution in [1.82, 2.24) is 4.57 Å². The minimum Gasteiger partial charge on any atom is -0.309 e. The summed E-state index contributed by atoms with van der Waals surface area (Å²) in [6, 6.07) is 37.2. The molecule has 27 heavy (non-hydrogen) atoms. The largest absolute Gasteiger partial charge is 0.309 e. The molecule has 6 aromatic rings. The number of para-hydroxylation sites is 2. The zero-order valence-electron chi connectivity index (χ0n) is 14.8. The smallest absolute Gasteiger partial charge is 0.0541 e. The molecular formula is C26H17N. The summed E-state index contributed by atoms with van der Waals surface area (Å²) in [4.78, 5) is 0. The van der Waals surface area contributed by atoms with Crippen LogP contribution in [0.15, 0.2) is 103 Å². The summed E-state index contributed by atoms with van der Waals surface area (Å²) in [6.45, 7) is 0. The molecule has 6 rings (SSSR count). The second-order valence-corrected chi connectivity index (χ2v) is 7.06. The first-order chi connectivity index (χ1) is 13.4. The van der Waals surface area contributed by atoms with E-state index in [1.165, 1.54) is 49.0 Å². The van der Waals surface area contributed by atoms with Gasteiger partial charge < -0.3 is 4.57 Å². The Morgan fingerprint density at radius 3 is 1.70 bits per heavy atom. The van der Waals surface area contributed by atoms with Crippen LogP contribution in [0.5, 0.6) is 0 Å². The third kappa shape index (κ3) is 2.06. The van der Waals surface area contributed by atoms with Gasteiger partial charge in [-0.2, -0.15) is 0 Å². The number of nitrogens with zero attached hydrogens (tertiary/aromatic N) is 1. The lowest BCUT2D eigenvalue weighted by Gasteiger charge is -2.10. The van der Waals surface area contributed by atoms with Crippen molar-refractivity contribution in [2.45, 2.75) is 0 Å². The van der Waals surface area contributed by atoms with Crippen LogP contribution in [0, 0.1) is 0 Å². The molecule has 126 valence electrons. The molecule has 1 heteroatoms. The Morgan fingerprint density at radius 2 is 0.963 bits per heavy atom. The van der Waals surface area contributed by atoms with Crippen LogP contribution >= 0.6 is 0 Å². The molecule has 0 spiro atoms. The zero-order chi connectivity index (χ0) is 17.8. The van der Waals surface area contributed by atoms with E-state index in [9.17, 15) is 0 Å². The van der Waals surface area contributed by atoms with Crippen molar-refractivity contribution < 1.29 is 0 Å². The van der Waals surface area contributed by atoms with Crippen molar-refractivity contribution in [1.29, 1.82) is 0 Å². The number of hydrogen-bond donors (Lipinski definition) is 0. The topological polar surface area (TPSA) is 4.93 Å². The molecule has 0 atom stereocenters. The van der Waals surface area contributed by atoms with E-state index in [0.717, 1.165) is 0 Å². The highest BCUT2D eigenvalue weighted by molar-refractivity contribution is 6.11. The summed E-state index contributed by atoms with van der Waals surface area (Å²) in [5, 5.41) is 7.77. The van der Waals surface area contributed by atoms with Crippen molar-refractivity contribution in [3.8, 4) is 5.69 Å². The van der Waals surface area contributed by atoms with Crippen LogP contribution in [0.4, 0.5) is 0 Å². The number of rotatable bonds is 1. The fourth-order valence-corrected chi connectivity index (χ4v) is 4.34. The first-order valence-corrected chi connectivity index (χ1v) is 9.30. The van der Waals surface area contributed by atoms with Gasteiger partial charge in [-0.1, -0.05) is 78.9 Å². The van der Waals surface area contributed by atoms with Gasteiger partial charge in [-0.25, -0.2) is 0 Å². The highest BCUT2D eigenvalue weighted by atomic mass is 15.0. The Kier molecular flexibility index (Phi) is 2.95. The predicted molar refractivity (Wildman–Crippen MR) is 116 cm³/mol. The van der Waals surface area contributed by atoms with Crippen molar-refractivity contribution in [2.24, 2.45) is 0 Å². The maximum Gasteiger partial charge on any atom is 0.0541 e. The summed E-state index contributed by atoms with van der Waals surface area (Å²) >= 11 is 0. The lowest BCUT2D eigenvalue weighted by Crippen LogP contribution is -1.93. The molecule has 0 aliphatic rings. The molecule has 0 aliphatic carbocycles. The third-order valence-electron chi connectivity index (χ3n) is 5.57. The van der Waals surface area contributed by atoms with Crippen LogP contribution in [-0.4, -0.2) is 4.57 Å².